The maximum atomic E-state index is 12.9. The number of nitrogens with zero attached hydrogens (tertiary/aromatic N) is 1. The zero-order valence-electron chi connectivity index (χ0n) is 12.9. The Balaban J connectivity index is 2.04. The predicted molar refractivity (Wildman–Crippen MR) is 76.9 cm³/mol. The topological polar surface area (TPSA) is 29.5 Å². The van der Waals surface area contributed by atoms with Gasteiger partial charge < -0.3 is 9.64 Å². The van der Waals surface area contributed by atoms with Gasteiger partial charge in [0, 0.05) is 31.2 Å². The fraction of sp³-hybridized carbons (Fsp3) is 0.938. The second-order valence-electron chi connectivity index (χ2n) is 6.72. The van der Waals surface area contributed by atoms with E-state index in [1.165, 1.54) is 6.42 Å². The van der Waals surface area contributed by atoms with E-state index in [4.69, 9.17) is 4.74 Å². The van der Waals surface area contributed by atoms with E-state index < -0.39 is 0 Å². The third-order valence-corrected chi connectivity index (χ3v) is 5.10. The quantitative estimate of drug-likeness (QED) is 0.786. The molecule has 2 rings (SSSR count). The van der Waals surface area contributed by atoms with Crippen LogP contribution in [0.5, 0.6) is 0 Å². The highest BCUT2D eigenvalue weighted by atomic mass is 16.5. The van der Waals surface area contributed by atoms with Crippen LogP contribution in [0.25, 0.3) is 0 Å². The van der Waals surface area contributed by atoms with E-state index in [0.29, 0.717) is 29.8 Å². The highest BCUT2D eigenvalue weighted by Crippen LogP contribution is 2.33. The summed E-state index contributed by atoms with van der Waals surface area (Å²) in [5.41, 5.74) is 0. The minimum Gasteiger partial charge on any atom is -0.381 e. The van der Waals surface area contributed by atoms with Crippen LogP contribution in [0.2, 0.25) is 0 Å². The summed E-state index contributed by atoms with van der Waals surface area (Å²) in [6, 6.07) is 0.868. The molecular weight excluding hydrogens is 238 g/mol. The highest BCUT2D eigenvalue weighted by molar-refractivity contribution is 5.79. The van der Waals surface area contributed by atoms with Crippen molar-refractivity contribution in [3.63, 3.8) is 0 Å². The molecule has 0 saturated carbocycles. The van der Waals surface area contributed by atoms with E-state index in [2.05, 4.69) is 32.6 Å². The summed E-state index contributed by atoms with van der Waals surface area (Å²) in [6.45, 7) is 10.5. The fourth-order valence-electron chi connectivity index (χ4n) is 3.70. The Bertz CT molecular complexity index is 310. The molecule has 0 aromatic rings. The van der Waals surface area contributed by atoms with Gasteiger partial charge in [0.05, 0.1) is 0 Å². The van der Waals surface area contributed by atoms with Crippen molar-refractivity contribution in [2.75, 3.05) is 13.2 Å². The van der Waals surface area contributed by atoms with Gasteiger partial charge in [-0.25, -0.2) is 0 Å². The summed E-state index contributed by atoms with van der Waals surface area (Å²) < 4.78 is 5.41. The van der Waals surface area contributed by atoms with Gasteiger partial charge in [-0.15, -0.1) is 0 Å². The van der Waals surface area contributed by atoms with Gasteiger partial charge in [0.15, 0.2) is 0 Å². The molecule has 2 fully saturated rings. The second-order valence-corrected chi connectivity index (χ2v) is 6.72. The van der Waals surface area contributed by atoms with E-state index in [9.17, 15) is 4.79 Å². The number of likely N-dealkylation sites (tertiary alicyclic amines) is 1. The maximum Gasteiger partial charge on any atom is 0.226 e. The Morgan fingerprint density at radius 3 is 2.32 bits per heavy atom. The summed E-state index contributed by atoms with van der Waals surface area (Å²) in [5.74, 6) is 1.62. The van der Waals surface area contributed by atoms with Gasteiger partial charge in [-0.3, -0.25) is 4.79 Å². The zero-order valence-corrected chi connectivity index (χ0v) is 12.9. The molecule has 2 aliphatic rings. The first-order valence-corrected chi connectivity index (χ1v) is 7.92. The average Bonchev–Trinajstić information content (AvgIpc) is 2.80. The molecule has 1 amide bonds. The molecule has 19 heavy (non-hydrogen) atoms. The van der Waals surface area contributed by atoms with Gasteiger partial charge in [-0.2, -0.15) is 0 Å². The SMILES string of the molecule is CC(C(=O)N1C(C)CC[C@H]1C(C)C)C1CCOCC1. The summed E-state index contributed by atoms with van der Waals surface area (Å²) in [6.07, 6.45) is 4.42. The zero-order chi connectivity index (χ0) is 14.0. The van der Waals surface area contributed by atoms with Crippen molar-refractivity contribution in [1.82, 2.24) is 4.90 Å². The third-order valence-electron chi connectivity index (χ3n) is 5.10. The van der Waals surface area contributed by atoms with E-state index in [0.717, 1.165) is 32.5 Å². The van der Waals surface area contributed by atoms with Crippen LogP contribution >= 0.6 is 0 Å². The molecule has 3 nitrogen and oxygen atoms in total. The molecule has 0 aromatic carbocycles. The van der Waals surface area contributed by atoms with Crippen LogP contribution in [-0.4, -0.2) is 36.1 Å². The molecule has 2 heterocycles. The van der Waals surface area contributed by atoms with Crippen molar-refractivity contribution in [2.45, 2.75) is 65.5 Å². The normalized spacial score (nSPS) is 30.9. The molecule has 0 spiro atoms. The molecule has 3 atom stereocenters. The van der Waals surface area contributed by atoms with E-state index >= 15 is 0 Å². The number of carbonyl (C=O) groups is 1. The molecule has 0 bridgehead atoms. The molecular formula is C16H29NO2. The molecule has 0 aromatic heterocycles. The van der Waals surface area contributed by atoms with Gasteiger partial charge in [0.25, 0.3) is 0 Å². The lowest BCUT2D eigenvalue weighted by Gasteiger charge is -2.36. The van der Waals surface area contributed by atoms with Crippen LogP contribution in [0.4, 0.5) is 0 Å². The molecule has 2 unspecified atom stereocenters. The number of carbonyl (C=O) groups excluding carboxylic acids is 1. The molecule has 0 radical (unpaired) electrons. The van der Waals surface area contributed by atoms with Crippen LogP contribution in [0.3, 0.4) is 0 Å². The number of amides is 1. The molecule has 3 heteroatoms. The first-order valence-electron chi connectivity index (χ1n) is 7.92. The third kappa shape index (κ3) is 3.13. The highest BCUT2D eigenvalue weighted by Gasteiger charge is 2.39. The second kappa shape index (κ2) is 6.25. The standard InChI is InChI=1S/C16H29NO2/c1-11(2)15-6-5-12(3)17(15)16(18)13(4)14-7-9-19-10-8-14/h11-15H,5-10H2,1-4H3/t12?,13?,15-/m0/s1. The lowest BCUT2D eigenvalue weighted by Crippen LogP contribution is -2.46. The summed E-state index contributed by atoms with van der Waals surface area (Å²) in [5, 5.41) is 0. The van der Waals surface area contributed by atoms with Crippen molar-refractivity contribution in [3.8, 4) is 0 Å². The van der Waals surface area contributed by atoms with Crippen LogP contribution in [0.1, 0.15) is 53.4 Å². The van der Waals surface area contributed by atoms with Crippen LogP contribution < -0.4 is 0 Å². The molecule has 110 valence electrons. The molecule has 0 aliphatic carbocycles. The lowest BCUT2D eigenvalue weighted by molar-refractivity contribution is -0.141. The Morgan fingerprint density at radius 2 is 1.74 bits per heavy atom. The molecule has 0 N–H and O–H groups in total. The maximum absolute atomic E-state index is 12.9. The predicted octanol–water partition coefficient (Wildman–Crippen LogP) is 3.08. The van der Waals surface area contributed by atoms with Crippen LogP contribution in [0, 0.1) is 17.8 Å². The average molecular weight is 267 g/mol. The first-order chi connectivity index (χ1) is 9.02. The smallest absolute Gasteiger partial charge is 0.226 e. The first kappa shape index (κ1) is 14.8. The van der Waals surface area contributed by atoms with Crippen molar-refractivity contribution in [3.05, 3.63) is 0 Å². The summed E-state index contributed by atoms with van der Waals surface area (Å²) in [4.78, 5) is 15.1. The number of hydrogen-bond acceptors (Lipinski definition) is 2. The van der Waals surface area contributed by atoms with Crippen molar-refractivity contribution >= 4 is 5.91 Å². The van der Waals surface area contributed by atoms with E-state index in [1.54, 1.807) is 0 Å². The van der Waals surface area contributed by atoms with Crippen molar-refractivity contribution in [2.24, 2.45) is 17.8 Å². The number of hydrogen-bond donors (Lipinski definition) is 0. The summed E-state index contributed by atoms with van der Waals surface area (Å²) >= 11 is 0. The van der Waals surface area contributed by atoms with Gasteiger partial charge in [-0.05, 0) is 44.4 Å². The minimum absolute atomic E-state index is 0.158. The molecule has 2 saturated heterocycles. The van der Waals surface area contributed by atoms with E-state index in [-0.39, 0.29) is 5.92 Å². The lowest BCUT2D eigenvalue weighted by atomic mass is 9.86. The van der Waals surface area contributed by atoms with Crippen LogP contribution in [0.15, 0.2) is 0 Å². The van der Waals surface area contributed by atoms with Crippen molar-refractivity contribution in [1.29, 1.82) is 0 Å². The van der Waals surface area contributed by atoms with Crippen molar-refractivity contribution < 1.29 is 9.53 Å². The van der Waals surface area contributed by atoms with Crippen LogP contribution in [-0.2, 0) is 9.53 Å². The fourth-order valence-corrected chi connectivity index (χ4v) is 3.70. The number of rotatable bonds is 3. The molecule has 2 aliphatic heterocycles. The minimum atomic E-state index is 0.158. The van der Waals surface area contributed by atoms with Gasteiger partial charge in [-0.1, -0.05) is 20.8 Å². The van der Waals surface area contributed by atoms with Gasteiger partial charge >= 0.3 is 0 Å². The summed E-state index contributed by atoms with van der Waals surface area (Å²) in [7, 11) is 0. The largest absolute Gasteiger partial charge is 0.381 e. The van der Waals surface area contributed by atoms with Gasteiger partial charge in [0.1, 0.15) is 0 Å². The Labute approximate surface area is 117 Å². The number of ether oxygens (including phenoxy) is 1. The Hall–Kier alpha value is -0.570. The Morgan fingerprint density at radius 1 is 1.11 bits per heavy atom. The monoisotopic (exact) mass is 267 g/mol. The van der Waals surface area contributed by atoms with E-state index in [1.807, 2.05) is 0 Å². The Kier molecular flexibility index (Phi) is 4.88. The van der Waals surface area contributed by atoms with Gasteiger partial charge in [0.2, 0.25) is 5.91 Å².